The summed E-state index contributed by atoms with van der Waals surface area (Å²) in [6.45, 7) is 1.96. The van der Waals surface area contributed by atoms with E-state index in [1.807, 2.05) is 0 Å². The molecule has 3 aromatic rings. The van der Waals surface area contributed by atoms with Crippen molar-refractivity contribution in [2.24, 2.45) is 0 Å². The van der Waals surface area contributed by atoms with Crippen LogP contribution in [0.15, 0.2) is 30.3 Å². The maximum Gasteiger partial charge on any atom is 0.255 e. The van der Waals surface area contributed by atoms with E-state index < -0.39 is 11.2 Å². The predicted octanol–water partition coefficient (Wildman–Crippen LogP) is 4.78. The highest BCUT2D eigenvalue weighted by Crippen LogP contribution is 2.33. The van der Waals surface area contributed by atoms with Crippen LogP contribution in [0.3, 0.4) is 0 Å². The third kappa shape index (κ3) is 3.27. The molecule has 0 radical (unpaired) electrons. The number of Topliss-reactive ketones (excluding diaryl/α,β-unsaturated/α-hetero) is 1. The minimum Gasteiger partial charge on any atom is -0.338 e. The molecule has 0 saturated carbocycles. The van der Waals surface area contributed by atoms with Crippen molar-refractivity contribution in [1.82, 2.24) is 14.9 Å². The quantitative estimate of drug-likeness (QED) is 0.639. The molecule has 9 heteroatoms. The Morgan fingerprint density at radius 2 is 2.07 bits per heavy atom. The highest BCUT2D eigenvalue weighted by Gasteiger charge is 2.33. The van der Waals surface area contributed by atoms with Gasteiger partial charge in [-0.2, -0.15) is 0 Å². The molecule has 5 nitrogen and oxygen atoms in total. The normalized spacial score (nSPS) is 16.7. The molecule has 1 fully saturated rings. The summed E-state index contributed by atoms with van der Waals surface area (Å²) in [6, 6.07) is 7.48. The van der Waals surface area contributed by atoms with Crippen LogP contribution >= 0.6 is 35.0 Å². The van der Waals surface area contributed by atoms with Gasteiger partial charge >= 0.3 is 0 Å². The fourth-order valence-corrected chi connectivity index (χ4v) is 4.88. The monoisotopic (exact) mass is 437 g/mol. The maximum absolute atomic E-state index is 14.2. The number of benzene rings is 2. The Morgan fingerprint density at radius 1 is 1.29 bits per heavy atom. The summed E-state index contributed by atoms with van der Waals surface area (Å²) in [6.07, 6.45) is 0. The lowest BCUT2D eigenvalue weighted by Crippen LogP contribution is -2.38. The molecule has 4 rings (SSSR count). The third-order valence-corrected chi connectivity index (χ3v) is 6.41. The molecule has 2 aromatic carbocycles. The number of rotatable bonds is 3. The molecule has 1 aromatic heterocycles. The van der Waals surface area contributed by atoms with Crippen LogP contribution in [0.1, 0.15) is 17.3 Å². The Kier molecular flexibility index (Phi) is 5.07. The molecule has 0 bridgehead atoms. The standard InChI is InChI=1S/C19H14Cl2FN3O2S/c1-9(26)19-25(5-6-28-19)18(27)10-7-12(21)16-14(8-10)23-17(24-16)15-11(20)3-2-4-13(15)22/h2-4,7-8,19H,5-6H2,1H3,(H,23,24). The molecular formula is C19H14Cl2FN3O2S. The lowest BCUT2D eigenvalue weighted by Gasteiger charge is -2.21. The minimum absolute atomic E-state index is 0.0685. The van der Waals surface area contributed by atoms with Crippen molar-refractivity contribution in [3.05, 3.63) is 51.8 Å². The van der Waals surface area contributed by atoms with E-state index in [1.165, 1.54) is 41.8 Å². The number of hydrogen-bond donors (Lipinski definition) is 1. The van der Waals surface area contributed by atoms with Gasteiger partial charge in [-0.1, -0.05) is 29.3 Å². The molecule has 1 saturated heterocycles. The number of aromatic amines is 1. The van der Waals surface area contributed by atoms with Crippen LogP contribution in [0.5, 0.6) is 0 Å². The number of carbonyl (C=O) groups is 2. The van der Waals surface area contributed by atoms with E-state index in [0.29, 0.717) is 28.9 Å². The van der Waals surface area contributed by atoms with Gasteiger partial charge in [0.05, 0.1) is 21.1 Å². The van der Waals surface area contributed by atoms with E-state index in [4.69, 9.17) is 23.2 Å². The van der Waals surface area contributed by atoms with Crippen LogP contribution in [0.2, 0.25) is 10.0 Å². The average Bonchev–Trinajstić information content (AvgIpc) is 3.28. The second-order valence-corrected chi connectivity index (χ2v) is 8.37. The van der Waals surface area contributed by atoms with Crippen molar-refractivity contribution in [3.8, 4) is 11.4 Å². The first kappa shape index (κ1) is 19.2. The zero-order valence-corrected chi connectivity index (χ0v) is 17.0. The molecule has 1 N–H and O–H groups in total. The van der Waals surface area contributed by atoms with Crippen LogP contribution < -0.4 is 0 Å². The van der Waals surface area contributed by atoms with Crippen molar-refractivity contribution >= 4 is 57.7 Å². The Labute approximate surface area is 174 Å². The number of hydrogen-bond acceptors (Lipinski definition) is 4. The summed E-state index contributed by atoms with van der Waals surface area (Å²) < 4.78 is 14.2. The summed E-state index contributed by atoms with van der Waals surface area (Å²) in [5, 5.41) is -0.0246. The third-order valence-electron chi connectivity index (χ3n) is 4.49. The molecule has 28 heavy (non-hydrogen) atoms. The molecular weight excluding hydrogens is 424 g/mol. The van der Waals surface area contributed by atoms with Crippen LogP contribution in [-0.2, 0) is 4.79 Å². The fraction of sp³-hybridized carbons (Fsp3) is 0.211. The maximum atomic E-state index is 14.2. The summed E-state index contributed by atoms with van der Waals surface area (Å²) in [7, 11) is 0. The highest BCUT2D eigenvalue weighted by atomic mass is 35.5. The van der Waals surface area contributed by atoms with E-state index in [1.54, 1.807) is 12.1 Å². The van der Waals surface area contributed by atoms with Crippen molar-refractivity contribution in [2.45, 2.75) is 12.3 Å². The number of H-pyrrole nitrogens is 1. The second kappa shape index (κ2) is 7.39. The smallest absolute Gasteiger partial charge is 0.255 e. The largest absolute Gasteiger partial charge is 0.338 e. The van der Waals surface area contributed by atoms with Gasteiger partial charge in [0.15, 0.2) is 5.78 Å². The predicted molar refractivity (Wildman–Crippen MR) is 109 cm³/mol. The van der Waals surface area contributed by atoms with Crippen molar-refractivity contribution < 1.29 is 14.0 Å². The Balaban J connectivity index is 1.77. The Morgan fingerprint density at radius 3 is 2.79 bits per heavy atom. The first-order valence-corrected chi connectivity index (χ1v) is 10.2. The van der Waals surface area contributed by atoms with Crippen LogP contribution in [0.4, 0.5) is 4.39 Å². The summed E-state index contributed by atoms with van der Waals surface area (Å²) in [4.78, 5) is 33.6. The van der Waals surface area contributed by atoms with E-state index in [9.17, 15) is 14.0 Å². The molecule has 0 aliphatic carbocycles. The first-order chi connectivity index (χ1) is 13.4. The second-order valence-electron chi connectivity index (χ2n) is 6.37. The van der Waals surface area contributed by atoms with E-state index in [0.717, 1.165) is 0 Å². The highest BCUT2D eigenvalue weighted by molar-refractivity contribution is 8.00. The molecule has 1 amide bonds. The van der Waals surface area contributed by atoms with Crippen LogP contribution in [0.25, 0.3) is 22.4 Å². The number of halogens is 3. The molecule has 1 aliphatic heterocycles. The van der Waals surface area contributed by atoms with Crippen molar-refractivity contribution in [2.75, 3.05) is 12.3 Å². The Hall–Kier alpha value is -2.09. The number of thioether (sulfide) groups is 1. The molecule has 144 valence electrons. The van der Waals surface area contributed by atoms with Gasteiger partial charge in [0.25, 0.3) is 5.91 Å². The van der Waals surface area contributed by atoms with Gasteiger partial charge in [-0.15, -0.1) is 11.8 Å². The Bertz CT molecular complexity index is 1100. The molecule has 1 unspecified atom stereocenters. The van der Waals surface area contributed by atoms with E-state index >= 15 is 0 Å². The lowest BCUT2D eigenvalue weighted by molar-refractivity contribution is -0.118. The van der Waals surface area contributed by atoms with Crippen LogP contribution in [0, 0.1) is 5.82 Å². The number of nitrogens with zero attached hydrogens (tertiary/aromatic N) is 2. The topological polar surface area (TPSA) is 66.1 Å². The summed E-state index contributed by atoms with van der Waals surface area (Å²) in [5.74, 6) is 0.0572. The summed E-state index contributed by atoms with van der Waals surface area (Å²) in [5.41, 5.74) is 1.36. The minimum atomic E-state index is -0.516. The number of imidazole rings is 1. The fourth-order valence-electron chi connectivity index (χ4n) is 3.22. The number of carbonyl (C=O) groups excluding carboxylic acids is 2. The van der Waals surface area contributed by atoms with Crippen molar-refractivity contribution in [3.63, 3.8) is 0 Å². The van der Waals surface area contributed by atoms with E-state index in [-0.39, 0.29) is 33.1 Å². The van der Waals surface area contributed by atoms with Gasteiger partial charge < -0.3 is 9.88 Å². The zero-order chi connectivity index (χ0) is 20.0. The zero-order valence-electron chi connectivity index (χ0n) is 14.6. The number of aromatic nitrogens is 2. The van der Waals surface area contributed by atoms with Gasteiger partial charge in [0, 0.05) is 17.9 Å². The van der Waals surface area contributed by atoms with Crippen LogP contribution in [-0.4, -0.2) is 44.2 Å². The molecule has 1 atom stereocenters. The van der Waals surface area contributed by atoms with Gasteiger partial charge in [-0.05, 0) is 31.2 Å². The number of amides is 1. The number of ketones is 1. The number of fused-ring (bicyclic) bond motifs is 1. The van der Waals surface area contributed by atoms with Gasteiger partial charge in [-0.25, -0.2) is 9.37 Å². The number of nitrogens with one attached hydrogen (secondary N) is 1. The average molecular weight is 438 g/mol. The molecule has 0 spiro atoms. The molecule has 1 aliphatic rings. The first-order valence-electron chi connectivity index (χ1n) is 8.43. The SMILES string of the molecule is CC(=O)C1SCCN1C(=O)c1cc(Cl)c2nc(-c3c(F)cccc3Cl)[nH]c2c1. The van der Waals surface area contributed by atoms with Gasteiger partial charge in [0.2, 0.25) is 0 Å². The van der Waals surface area contributed by atoms with Gasteiger partial charge in [0.1, 0.15) is 22.5 Å². The molecule has 2 heterocycles. The van der Waals surface area contributed by atoms with E-state index in [2.05, 4.69) is 9.97 Å². The summed E-state index contributed by atoms with van der Waals surface area (Å²) >= 11 is 13.9. The van der Waals surface area contributed by atoms with Crippen molar-refractivity contribution in [1.29, 1.82) is 0 Å². The van der Waals surface area contributed by atoms with Gasteiger partial charge in [-0.3, -0.25) is 9.59 Å². The lowest BCUT2D eigenvalue weighted by atomic mass is 10.1.